The predicted molar refractivity (Wildman–Crippen MR) is 107 cm³/mol. The number of hydrogen-bond acceptors (Lipinski definition) is 7. The molecule has 1 amide bonds. The molecule has 1 aromatic heterocycles. The Morgan fingerprint density at radius 3 is 2.52 bits per heavy atom. The van der Waals surface area contributed by atoms with E-state index in [0.29, 0.717) is 22.9 Å². The molecule has 0 spiro atoms. The van der Waals surface area contributed by atoms with Crippen molar-refractivity contribution >= 4 is 39.2 Å². The van der Waals surface area contributed by atoms with Gasteiger partial charge in [-0.3, -0.25) is 0 Å². The minimum absolute atomic E-state index is 0.148. The third-order valence-corrected chi connectivity index (χ3v) is 4.76. The Balaban J connectivity index is 2.20. The van der Waals surface area contributed by atoms with Crippen LogP contribution >= 0.6 is 11.3 Å². The van der Waals surface area contributed by atoms with Crippen LogP contribution in [0.1, 0.15) is 37.4 Å². The molecule has 0 aliphatic carbocycles. The molecule has 0 aliphatic rings. The van der Waals surface area contributed by atoms with Gasteiger partial charge in [0.2, 0.25) is 0 Å². The average Bonchev–Trinajstić information content (AvgIpc) is 2.95. The first-order chi connectivity index (χ1) is 12.6. The fraction of sp³-hybridized carbons (Fsp3) is 0.474. The molecule has 2 rings (SSSR count). The van der Waals surface area contributed by atoms with Gasteiger partial charge in [0.25, 0.3) is 0 Å². The van der Waals surface area contributed by atoms with Crippen molar-refractivity contribution in [1.29, 1.82) is 0 Å². The van der Waals surface area contributed by atoms with Crippen LogP contribution < -0.4 is 15.4 Å². The second kappa shape index (κ2) is 8.47. The molecule has 0 fully saturated rings. The number of esters is 1. The smallest absolute Gasteiger partial charge is 0.407 e. The first-order valence-electron chi connectivity index (χ1n) is 8.57. The topological polar surface area (TPSA) is 85.9 Å². The molecular weight excluding hydrogens is 368 g/mol. The lowest BCUT2D eigenvalue weighted by Gasteiger charge is -2.21. The molecule has 0 saturated carbocycles. The van der Waals surface area contributed by atoms with Crippen LogP contribution in [0, 0.1) is 0 Å². The number of carbonyl (C=O) groups is 2. The van der Waals surface area contributed by atoms with Gasteiger partial charge >= 0.3 is 12.1 Å². The summed E-state index contributed by atoms with van der Waals surface area (Å²) >= 11 is 1.35. The van der Waals surface area contributed by atoms with Crippen molar-refractivity contribution in [2.75, 3.05) is 26.1 Å². The number of thiophene rings is 1. The third kappa shape index (κ3) is 5.50. The van der Waals surface area contributed by atoms with Crippen molar-refractivity contribution in [2.45, 2.75) is 39.3 Å². The highest BCUT2D eigenvalue weighted by molar-refractivity contribution is 7.21. The fourth-order valence-corrected chi connectivity index (χ4v) is 3.50. The Bertz CT molecular complexity index is 825. The Morgan fingerprint density at radius 2 is 1.93 bits per heavy atom. The summed E-state index contributed by atoms with van der Waals surface area (Å²) in [6, 6.07) is 5.47. The molecule has 7 nitrogen and oxygen atoms in total. The van der Waals surface area contributed by atoms with E-state index in [2.05, 4.69) is 10.6 Å². The number of amides is 1. The van der Waals surface area contributed by atoms with Crippen molar-refractivity contribution in [3.8, 4) is 5.75 Å². The van der Waals surface area contributed by atoms with Gasteiger partial charge in [-0.05, 0) is 45.9 Å². The van der Waals surface area contributed by atoms with Gasteiger partial charge in [-0.2, -0.15) is 0 Å². The number of hydrogen-bond donors (Lipinski definition) is 2. The van der Waals surface area contributed by atoms with Crippen molar-refractivity contribution in [3.05, 3.63) is 23.1 Å². The molecule has 1 unspecified atom stereocenters. The number of anilines is 1. The van der Waals surface area contributed by atoms with E-state index in [1.54, 1.807) is 7.11 Å². The Kier molecular flexibility index (Phi) is 6.54. The quantitative estimate of drug-likeness (QED) is 0.720. The zero-order chi connectivity index (χ0) is 20.2. The highest BCUT2D eigenvalue weighted by Gasteiger charge is 2.22. The molecule has 27 heavy (non-hydrogen) atoms. The minimum atomic E-state index is -0.557. The fourth-order valence-electron chi connectivity index (χ4n) is 2.43. The van der Waals surface area contributed by atoms with Crippen molar-refractivity contribution in [2.24, 2.45) is 0 Å². The summed E-state index contributed by atoms with van der Waals surface area (Å²) in [5.41, 5.74) is 0.109. The molecule has 0 radical (unpaired) electrons. The minimum Gasteiger partial charge on any atom is -0.497 e. The predicted octanol–water partition coefficient (Wildman–Crippen LogP) is 4.02. The van der Waals surface area contributed by atoms with E-state index in [0.717, 1.165) is 10.1 Å². The van der Waals surface area contributed by atoms with Gasteiger partial charge in [0.05, 0.1) is 19.9 Å². The zero-order valence-electron chi connectivity index (χ0n) is 16.5. The maximum absolute atomic E-state index is 12.2. The normalized spacial score (nSPS) is 12.4. The average molecular weight is 394 g/mol. The summed E-state index contributed by atoms with van der Waals surface area (Å²) in [6.45, 7) is 7.66. The summed E-state index contributed by atoms with van der Waals surface area (Å²) in [6.07, 6.45) is -0.485. The van der Waals surface area contributed by atoms with E-state index in [-0.39, 0.29) is 6.04 Å². The second-order valence-electron chi connectivity index (χ2n) is 7.09. The summed E-state index contributed by atoms with van der Waals surface area (Å²) in [5, 5.41) is 6.89. The van der Waals surface area contributed by atoms with Crippen LogP contribution in [0.4, 0.5) is 10.5 Å². The largest absolute Gasteiger partial charge is 0.497 e. The van der Waals surface area contributed by atoms with Crippen LogP contribution in [-0.4, -0.2) is 44.5 Å². The number of alkyl carbamates (subject to hydrolysis) is 1. The Morgan fingerprint density at radius 1 is 1.22 bits per heavy atom. The second-order valence-corrected chi connectivity index (χ2v) is 8.14. The van der Waals surface area contributed by atoms with Crippen LogP contribution in [0.5, 0.6) is 5.75 Å². The van der Waals surface area contributed by atoms with Gasteiger partial charge in [0.15, 0.2) is 0 Å². The number of nitrogens with one attached hydrogen (secondary N) is 2. The monoisotopic (exact) mass is 394 g/mol. The number of benzene rings is 1. The third-order valence-electron chi connectivity index (χ3n) is 3.61. The first kappa shape index (κ1) is 20.8. The standard InChI is InChI=1S/C19H26N2O5S/c1-11(10-20-18(23)26-19(2,3)4)21-15-13-9-12(24-5)7-8-14(13)27-16(15)17(22)25-6/h7-9,11,21H,10H2,1-6H3,(H,20,23). The molecule has 148 valence electrons. The SMILES string of the molecule is COC(=O)c1sc2ccc(OC)cc2c1NC(C)CNC(=O)OC(C)(C)C. The highest BCUT2D eigenvalue weighted by Crippen LogP contribution is 2.38. The Hall–Kier alpha value is -2.48. The molecule has 0 bridgehead atoms. The molecule has 0 saturated heterocycles. The van der Waals surface area contributed by atoms with Crippen LogP contribution in [0.2, 0.25) is 0 Å². The number of ether oxygens (including phenoxy) is 3. The van der Waals surface area contributed by atoms with Gasteiger partial charge in [-0.1, -0.05) is 0 Å². The summed E-state index contributed by atoms with van der Waals surface area (Å²) in [7, 11) is 2.94. The van der Waals surface area contributed by atoms with E-state index >= 15 is 0 Å². The lowest BCUT2D eigenvalue weighted by Crippen LogP contribution is -2.38. The number of rotatable bonds is 6. The number of methoxy groups -OCH3 is 2. The van der Waals surface area contributed by atoms with Crippen molar-refractivity contribution in [3.63, 3.8) is 0 Å². The summed E-state index contributed by atoms with van der Waals surface area (Å²) in [5.74, 6) is 0.282. The van der Waals surface area contributed by atoms with Crippen molar-refractivity contribution in [1.82, 2.24) is 5.32 Å². The lowest BCUT2D eigenvalue weighted by molar-refractivity contribution is 0.0524. The Labute approximate surface area is 163 Å². The molecule has 2 aromatic rings. The van der Waals surface area contributed by atoms with Crippen LogP contribution in [0.15, 0.2) is 18.2 Å². The highest BCUT2D eigenvalue weighted by atomic mass is 32.1. The maximum Gasteiger partial charge on any atom is 0.407 e. The van der Waals surface area contributed by atoms with Crippen LogP contribution in [0.25, 0.3) is 10.1 Å². The van der Waals surface area contributed by atoms with Crippen molar-refractivity contribution < 1.29 is 23.8 Å². The lowest BCUT2D eigenvalue weighted by atomic mass is 10.2. The molecule has 8 heteroatoms. The summed E-state index contributed by atoms with van der Waals surface area (Å²) < 4.78 is 16.4. The van der Waals surface area contributed by atoms with Gasteiger partial charge in [0.1, 0.15) is 16.2 Å². The molecule has 1 heterocycles. The molecule has 1 atom stereocenters. The van der Waals surface area contributed by atoms with E-state index in [1.807, 2.05) is 45.9 Å². The van der Waals surface area contributed by atoms with Crippen LogP contribution in [0.3, 0.4) is 0 Å². The maximum atomic E-state index is 12.2. The first-order valence-corrected chi connectivity index (χ1v) is 9.38. The zero-order valence-corrected chi connectivity index (χ0v) is 17.3. The molecule has 0 aliphatic heterocycles. The van der Waals surface area contributed by atoms with Crippen LogP contribution in [-0.2, 0) is 9.47 Å². The molecule has 2 N–H and O–H groups in total. The molecule has 1 aromatic carbocycles. The van der Waals surface area contributed by atoms with Gasteiger partial charge in [0, 0.05) is 22.7 Å². The van der Waals surface area contributed by atoms with Gasteiger partial charge < -0.3 is 24.8 Å². The van der Waals surface area contributed by atoms with Gasteiger partial charge in [-0.25, -0.2) is 9.59 Å². The molecular formula is C19H26N2O5S. The summed E-state index contributed by atoms with van der Waals surface area (Å²) in [4.78, 5) is 24.5. The van der Waals surface area contributed by atoms with E-state index in [9.17, 15) is 9.59 Å². The number of carbonyl (C=O) groups excluding carboxylic acids is 2. The van der Waals surface area contributed by atoms with Gasteiger partial charge in [-0.15, -0.1) is 11.3 Å². The van der Waals surface area contributed by atoms with E-state index in [4.69, 9.17) is 14.2 Å². The number of fused-ring (bicyclic) bond motifs is 1. The van der Waals surface area contributed by atoms with E-state index in [1.165, 1.54) is 18.4 Å². The van der Waals surface area contributed by atoms with E-state index < -0.39 is 17.7 Å².